The smallest absolute Gasteiger partial charge is 0.234 e. The Bertz CT molecular complexity index is 247. The number of carbonyl (C=O) groups is 1. The van der Waals surface area contributed by atoms with Crippen LogP contribution in [0.1, 0.15) is 39.0 Å². The van der Waals surface area contributed by atoms with Crippen molar-refractivity contribution in [2.45, 2.75) is 51.1 Å². The SMILES string of the molecule is CCCN(CC(=O)NC1CC1)CC1CCCN1. The normalized spacial score (nSPS) is 24.2. The molecule has 1 heterocycles. The quantitative estimate of drug-likeness (QED) is 0.688. The summed E-state index contributed by atoms with van der Waals surface area (Å²) in [5, 5.41) is 6.57. The van der Waals surface area contributed by atoms with E-state index in [2.05, 4.69) is 22.5 Å². The number of rotatable bonds is 7. The number of hydrogen-bond donors (Lipinski definition) is 2. The molecule has 2 rings (SSSR count). The molecule has 4 nitrogen and oxygen atoms in total. The number of nitrogens with one attached hydrogen (secondary N) is 2. The Balaban J connectivity index is 1.71. The van der Waals surface area contributed by atoms with Crippen LogP contribution < -0.4 is 10.6 Å². The summed E-state index contributed by atoms with van der Waals surface area (Å²) in [6, 6.07) is 1.07. The Morgan fingerprint density at radius 1 is 1.41 bits per heavy atom. The third-order valence-electron chi connectivity index (χ3n) is 3.49. The van der Waals surface area contributed by atoms with Gasteiger partial charge in [0.2, 0.25) is 5.91 Å². The van der Waals surface area contributed by atoms with Gasteiger partial charge in [0.15, 0.2) is 0 Å². The van der Waals surface area contributed by atoms with Crippen LogP contribution >= 0.6 is 0 Å². The fraction of sp³-hybridized carbons (Fsp3) is 0.923. The van der Waals surface area contributed by atoms with Gasteiger partial charge in [-0.25, -0.2) is 0 Å². The van der Waals surface area contributed by atoms with Gasteiger partial charge < -0.3 is 10.6 Å². The summed E-state index contributed by atoms with van der Waals surface area (Å²) >= 11 is 0. The molecule has 0 bridgehead atoms. The molecule has 1 amide bonds. The zero-order valence-electron chi connectivity index (χ0n) is 10.9. The maximum absolute atomic E-state index is 11.8. The van der Waals surface area contributed by atoms with Crippen molar-refractivity contribution in [2.24, 2.45) is 0 Å². The van der Waals surface area contributed by atoms with E-state index >= 15 is 0 Å². The summed E-state index contributed by atoms with van der Waals surface area (Å²) in [4.78, 5) is 14.1. The molecule has 4 heteroatoms. The molecule has 1 saturated carbocycles. The monoisotopic (exact) mass is 239 g/mol. The summed E-state index contributed by atoms with van der Waals surface area (Å²) in [6.45, 7) is 5.93. The van der Waals surface area contributed by atoms with Crippen LogP contribution in [0, 0.1) is 0 Å². The van der Waals surface area contributed by atoms with Crippen molar-refractivity contribution in [1.29, 1.82) is 0 Å². The first-order valence-electron chi connectivity index (χ1n) is 7.03. The van der Waals surface area contributed by atoms with E-state index in [9.17, 15) is 4.79 Å². The number of carbonyl (C=O) groups excluding carboxylic acids is 1. The molecule has 2 fully saturated rings. The zero-order chi connectivity index (χ0) is 12.1. The minimum Gasteiger partial charge on any atom is -0.352 e. The van der Waals surface area contributed by atoms with Crippen LogP contribution in [0.15, 0.2) is 0 Å². The van der Waals surface area contributed by atoms with E-state index in [0.29, 0.717) is 18.6 Å². The number of nitrogens with zero attached hydrogens (tertiary/aromatic N) is 1. The molecule has 0 aromatic rings. The van der Waals surface area contributed by atoms with Gasteiger partial charge in [-0.3, -0.25) is 9.69 Å². The van der Waals surface area contributed by atoms with E-state index in [1.165, 1.54) is 25.7 Å². The lowest BCUT2D eigenvalue weighted by Gasteiger charge is -2.24. The van der Waals surface area contributed by atoms with Crippen molar-refractivity contribution in [3.05, 3.63) is 0 Å². The Morgan fingerprint density at radius 3 is 2.82 bits per heavy atom. The second-order valence-electron chi connectivity index (χ2n) is 5.37. The summed E-state index contributed by atoms with van der Waals surface area (Å²) in [7, 11) is 0. The molecule has 2 N–H and O–H groups in total. The summed E-state index contributed by atoms with van der Waals surface area (Å²) in [5.41, 5.74) is 0. The van der Waals surface area contributed by atoms with Crippen molar-refractivity contribution in [2.75, 3.05) is 26.2 Å². The highest BCUT2D eigenvalue weighted by molar-refractivity contribution is 5.78. The largest absolute Gasteiger partial charge is 0.352 e. The van der Waals surface area contributed by atoms with E-state index in [1.807, 2.05) is 0 Å². The van der Waals surface area contributed by atoms with E-state index in [4.69, 9.17) is 0 Å². The third kappa shape index (κ3) is 4.64. The molecular weight excluding hydrogens is 214 g/mol. The lowest BCUT2D eigenvalue weighted by atomic mass is 10.2. The maximum atomic E-state index is 11.8. The molecule has 1 aliphatic heterocycles. The predicted molar refractivity (Wildman–Crippen MR) is 68.9 cm³/mol. The van der Waals surface area contributed by atoms with Gasteiger partial charge in [-0.2, -0.15) is 0 Å². The molecule has 0 radical (unpaired) electrons. The van der Waals surface area contributed by atoms with Crippen molar-refractivity contribution in [1.82, 2.24) is 15.5 Å². The molecule has 2 aliphatic rings. The van der Waals surface area contributed by atoms with E-state index in [1.54, 1.807) is 0 Å². The molecule has 0 aromatic carbocycles. The zero-order valence-corrected chi connectivity index (χ0v) is 10.9. The Hall–Kier alpha value is -0.610. The maximum Gasteiger partial charge on any atom is 0.234 e. The second kappa shape index (κ2) is 6.36. The first-order valence-corrected chi connectivity index (χ1v) is 7.03. The topological polar surface area (TPSA) is 44.4 Å². The minimum absolute atomic E-state index is 0.207. The first kappa shape index (κ1) is 12.8. The van der Waals surface area contributed by atoms with E-state index < -0.39 is 0 Å². The summed E-state index contributed by atoms with van der Waals surface area (Å²) in [5.74, 6) is 0.207. The van der Waals surface area contributed by atoms with Crippen LogP contribution in [-0.4, -0.2) is 49.1 Å². The highest BCUT2D eigenvalue weighted by atomic mass is 16.2. The molecule has 1 saturated heterocycles. The molecular formula is C13H25N3O. The van der Waals surface area contributed by atoms with Gasteiger partial charge >= 0.3 is 0 Å². The number of amides is 1. The standard InChI is InChI=1S/C13H25N3O/c1-2-8-16(9-12-4-3-7-14-12)10-13(17)15-11-5-6-11/h11-12,14H,2-10H2,1H3,(H,15,17). The fourth-order valence-corrected chi connectivity index (χ4v) is 2.48. The Kier molecular flexibility index (Phi) is 4.80. The molecule has 1 atom stereocenters. The molecule has 17 heavy (non-hydrogen) atoms. The van der Waals surface area contributed by atoms with E-state index in [0.717, 1.165) is 26.1 Å². The van der Waals surface area contributed by atoms with E-state index in [-0.39, 0.29) is 5.91 Å². The van der Waals surface area contributed by atoms with Gasteiger partial charge in [0.1, 0.15) is 0 Å². The Morgan fingerprint density at radius 2 is 2.24 bits per heavy atom. The van der Waals surface area contributed by atoms with Crippen LogP contribution in [0.3, 0.4) is 0 Å². The molecule has 0 spiro atoms. The second-order valence-corrected chi connectivity index (χ2v) is 5.37. The van der Waals surface area contributed by atoms with Gasteiger partial charge in [0.25, 0.3) is 0 Å². The summed E-state index contributed by atoms with van der Waals surface area (Å²) < 4.78 is 0. The molecule has 98 valence electrons. The van der Waals surface area contributed by atoms with Crippen molar-refractivity contribution in [3.63, 3.8) is 0 Å². The average Bonchev–Trinajstić information content (AvgIpc) is 2.93. The molecule has 0 aromatic heterocycles. The minimum atomic E-state index is 0.207. The third-order valence-corrected chi connectivity index (χ3v) is 3.49. The van der Waals surface area contributed by atoms with Crippen LogP contribution in [0.5, 0.6) is 0 Å². The highest BCUT2D eigenvalue weighted by Crippen LogP contribution is 2.18. The van der Waals surface area contributed by atoms with Gasteiger partial charge in [0, 0.05) is 18.6 Å². The average molecular weight is 239 g/mol. The molecule has 1 aliphatic carbocycles. The highest BCUT2D eigenvalue weighted by Gasteiger charge is 2.25. The van der Waals surface area contributed by atoms with Gasteiger partial charge in [-0.15, -0.1) is 0 Å². The van der Waals surface area contributed by atoms with Crippen molar-refractivity contribution in [3.8, 4) is 0 Å². The lowest BCUT2D eigenvalue weighted by molar-refractivity contribution is -0.122. The number of hydrogen-bond acceptors (Lipinski definition) is 3. The molecule has 1 unspecified atom stereocenters. The summed E-state index contributed by atoms with van der Waals surface area (Å²) in [6.07, 6.45) is 5.99. The Labute approximate surface area is 104 Å². The van der Waals surface area contributed by atoms with Crippen LogP contribution in [0.4, 0.5) is 0 Å². The van der Waals surface area contributed by atoms with Gasteiger partial charge in [-0.1, -0.05) is 6.92 Å². The fourth-order valence-electron chi connectivity index (χ4n) is 2.48. The first-order chi connectivity index (χ1) is 8.28. The van der Waals surface area contributed by atoms with Gasteiger partial charge in [0.05, 0.1) is 6.54 Å². The lowest BCUT2D eigenvalue weighted by Crippen LogP contribution is -2.43. The predicted octanol–water partition coefficient (Wildman–Crippen LogP) is 0.729. The van der Waals surface area contributed by atoms with Crippen molar-refractivity contribution < 1.29 is 4.79 Å². The van der Waals surface area contributed by atoms with Crippen molar-refractivity contribution >= 4 is 5.91 Å². The van der Waals surface area contributed by atoms with Crippen LogP contribution in [-0.2, 0) is 4.79 Å². The van der Waals surface area contributed by atoms with Crippen LogP contribution in [0.25, 0.3) is 0 Å². The van der Waals surface area contributed by atoms with Gasteiger partial charge in [-0.05, 0) is 45.2 Å². The van der Waals surface area contributed by atoms with Crippen LogP contribution in [0.2, 0.25) is 0 Å².